The molecule has 0 aromatic rings. The van der Waals surface area contributed by atoms with Crippen LogP contribution < -0.4 is 0 Å². The fourth-order valence-corrected chi connectivity index (χ4v) is 4.83. The zero-order chi connectivity index (χ0) is 12.8. The number of carbonyl (C=O) groups excluding carboxylic acids is 1. The van der Waals surface area contributed by atoms with Crippen molar-refractivity contribution in [1.29, 1.82) is 0 Å². The van der Waals surface area contributed by atoms with E-state index < -0.39 is 0 Å². The minimum absolute atomic E-state index is 0.109. The van der Waals surface area contributed by atoms with Gasteiger partial charge in [0, 0.05) is 5.57 Å². The fourth-order valence-electron chi connectivity index (χ4n) is 4.83. The summed E-state index contributed by atoms with van der Waals surface area (Å²) in [5.41, 5.74) is 0.552. The molecule has 18 heavy (non-hydrogen) atoms. The molecule has 0 atom stereocenters. The van der Waals surface area contributed by atoms with Crippen molar-refractivity contribution in [3.63, 3.8) is 0 Å². The summed E-state index contributed by atoms with van der Waals surface area (Å²) in [6.07, 6.45) is 9.23. The third-order valence-electron chi connectivity index (χ3n) is 5.13. The smallest absolute Gasteiger partial charge is 0.333 e. The highest BCUT2D eigenvalue weighted by atomic mass is 16.6. The molecular weight excluding hydrogens is 224 g/mol. The Kier molecular flexibility index (Phi) is 2.99. The van der Waals surface area contributed by atoms with Gasteiger partial charge in [-0.3, -0.25) is 0 Å². The Labute approximate surface area is 110 Å². The standard InChI is InChI=1S/C16H24O2/c1-3-4-11(2)15(17)18-16-8-12-5-13(9-16)7-14(6-12)10-16/h12-14H,2-10H2,1H3. The Morgan fingerprint density at radius 3 is 2.11 bits per heavy atom. The van der Waals surface area contributed by atoms with E-state index in [2.05, 4.69) is 13.5 Å². The Bertz CT molecular complexity index is 334. The van der Waals surface area contributed by atoms with Gasteiger partial charge < -0.3 is 4.74 Å². The van der Waals surface area contributed by atoms with Crippen LogP contribution in [-0.4, -0.2) is 11.6 Å². The van der Waals surface area contributed by atoms with Crippen LogP contribution in [0.15, 0.2) is 12.2 Å². The first-order valence-corrected chi connectivity index (χ1v) is 7.51. The van der Waals surface area contributed by atoms with Gasteiger partial charge in [0.15, 0.2) is 0 Å². The van der Waals surface area contributed by atoms with Crippen molar-refractivity contribution in [3.05, 3.63) is 12.2 Å². The summed E-state index contributed by atoms with van der Waals surface area (Å²) in [6, 6.07) is 0. The molecule has 2 heteroatoms. The number of esters is 1. The molecule has 0 N–H and O–H groups in total. The molecule has 0 unspecified atom stereocenters. The van der Waals surface area contributed by atoms with Crippen LogP contribution in [0.2, 0.25) is 0 Å². The van der Waals surface area contributed by atoms with Crippen LogP contribution in [0.1, 0.15) is 58.3 Å². The van der Waals surface area contributed by atoms with Gasteiger partial charge in [0.2, 0.25) is 0 Å². The van der Waals surface area contributed by atoms with Gasteiger partial charge in [-0.2, -0.15) is 0 Å². The second kappa shape index (κ2) is 4.40. The van der Waals surface area contributed by atoms with E-state index in [-0.39, 0.29) is 11.6 Å². The van der Waals surface area contributed by atoms with Crippen molar-refractivity contribution < 1.29 is 9.53 Å². The SMILES string of the molecule is C=C(CCC)C(=O)OC12CC3CC(CC(C3)C1)C2. The van der Waals surface area contributed by atoms with E-state index >= 15 is 0 Å². The van der Waals surface area contributed by atoms with E-state index in [0.29, 0.717) is 5.57 Å². The summed E-state index contributed by atoms with van der Waals surface area (Å²) in [4.78, 5) is 12.1. The Morgan fingerprint density at radius 1 is 1.17 bits per heavy atom. The average Bonchev–Trinajstić information content (AvgIpc) is 2.26. The molecule has 4 bridgehead atoms. The van der Waals surface area contributed by atoms with Crippen molar-refractivity contribution in [1.82, 2.24) is 0 Å². The third-order valence-corrected chi connectivity index (χ3v) is 5.13. The maximum absolute atomic E-state index is 12.1. The summed E-state index contributed by atoms with van der Waals surface area (Å²) in [5.74, 6) is 2.34. The monoisotopic (exact) mass is 248 g/mol. The first-order chi connectivity index (χ1) is 8.60. The van der Waals surface area contributed by atoms with Crippen LogP contribution in [-0.2, 0) is 9.53 Å². The van der Waals surface area contributed by atoms with Crippen LogP contribution in [0.3, 0.4) is 0 Å². The fraction of sp³-hybridized carbons (Fsp3) is 0.812. The van der Waals surface area contributed by atoms with Gasteiger partial charge in [-0.1, -0.05) is 19.9 Å². The molecule has 4 saturated carbocycles. The third kappa shape index (κ3) is 2.10. The molecule has 100 valence electrons. The topological polar surface area (TPSA) is 26.3 Å². The van der Waals surface area contributed by atoms with Crippen molar-refractivity contribution in [3.8, 4) is 0 Å². The lowest BCUT2D eigenvalue weighted by molar-refractivity contribution is -0.182. The minimum atomic E-state index is -0.126. The maximum Gasteiger partial charge on any atom is 0.333 e. The molecule has 0 heterocycles. The van der Waals surface area contributed by atoms with Gasteiger partial charge in [-0.05, 0) is 62.7 Å². The summed E-state index contributed by atoms with van der Waals surface area (Å²) in [5, 5.41) is 0. The van der Waals surface area contributed by atoms with Crippen molar-refractivity contribution in [2.75, 3.05) is 0 Å². The molecule has 0 amide bonds. The molecular formula is C16H24O2. The minimum Gasteiger partial charge on any atom is -0.456 e. The summed E-state index contributed by atoms with van der Waals surface area (Å²) < 4.78 is 5.93. The Hall–Kier alpha value is -0.790. The van der Waals surface area contributed by atoms with Gasteiger partial charge in [0.05, 0.1) is 0 Å². The van der Waals surface area contributed by atoms with E-state index in [4.69, 9.17) is 4.74 Å². The summed E-state index contributed by atoms with van der Waals surface area (Å²) in [6.45, 7) is 5.94. The van der Waals surface area contributed by atoms with Gasteiger partial charge in [-0.25, -0.2) is 4.79 Å². The van der Waals surface area contributed by atoms with Gasteiger partial charge in [0.25, 0.3) is 0 Å². The highest BCUT2D eigenvalue weighted by molar-refractivity contribution is 5.88. The van der Waals surface area contributed by atoms with E-state index in [1.54, 1.807) is 0 Å². The lowest BCUT2D eigenvalue weighted by atomic mass is 9.54. The molecule has 4 aliphatic rings. The number of rotatable bonds is 4. The van der Waals surface area contributed by atoms with Crippen LogP contribution >= 0.6 is 0 Å². The second-order valence-corrected chi connectivity index (χ2v) is 6.84. The van der Waals surface area contributed by atoms with Crippen molar-refractivity contribution >= 4 is 5.97 Å². The zero-order valence-corrected chi connectivity index (χ0v) is 11.4. The summed E-state index contributed by atoms with van der Waals surface area (Å²) >= 11 is 0. The second-order valence-electron chi connectivity index (χ2n) is 6.84. The highest BCUT2D eigenvalue weighted by Crippen LogP contribution is 2.57. The molecule has 0 spiro atoms. The number of carbonyl (C=O) groups is 1. The molecule has 2 nitrogen and oxygen atoms in total. The van der Waals surface area contributed by atoms with Gasteiger partial charge in [-0.15, -0.1) is 0 Å². The Balaban J connectivity index is 1.68. The van der Waals surface area contributed by atoms with E-state index in [1.807, 2.05) is 0 Å². The highest BCUT2D eigenvalue weighted by Gasteiger charge is 2.53. The maximum atomic E-state index is 12.1. The first-order valence-electron chi connectivity index (χ1n) is 7.51. The lowest BCUT2D eigenvalue weighted by Gasteiger charge is -2.55. The molecule has 4 fully saturated rings. The molecule has 0 aromatic carbocycles. The van der Waals surface area contributed by atoms with Crippen molar-refractivity contribution in [2.24, 2.45) is 17.8 Å². The predicted octanol–water partition coefficient (Wildman–Crippen LogP) is 3.85. The molecule has 0 radical (unpaired) electrons. The zero-order valence-electron chi connectivity index (χ0n) is 11.4. The summed E-state index contributed by atoms with van der Waals surface area (Å²) in [7, 11) is 0. The molecule has 0 aromatic heterocycles. The number of ether oxygens (including phenoxy) is 1. The first kappa shape index (κ1) is 12.3. The van der Waals surface area contributed by atoms with Crippen LogP contribution in [0, 0.1) is 17.8 Å². The van der Waals surface area contributed by atoms with E-state index in [1.165, 1.54) is 19.3 Å². The molecule has 0 saturated heterocycles. The average molecular weight is 248 g/mol. The number of hydrogen-bond acceptors (Lipinski definition) is 2. The van der Waals surface area contributed by atoms with Gasteiger partial charge >= 0.3 is 5.97 Å². The number of hydrogen-bond donors (Lipinski definition) is 0. The van der Waals surface area contributed by atoms with Crippen LogP contribution in [0.5, 0.6) is 0 Å². The quantitative estimate of drug-likeness (QED) is 0.558. The predicted molar refractivity (Wildman–Crippen MR) is 71.0 cm³/mol. The lowest BCUT2D eigenvalue weighted by Crippen LogP contribution is -2.52. The van der Waals surface area contributed by atoms with E-state index in [0.717, 1.165) is 49.9 Å². The normalized spacial score (nSPS) is 40.8. The molecule has 0 aliphatic heterocycles. The van der Waals surface area contributed by atoms with Gasteiger partial charge in [0.1, 0.15) is 5.60 Å². The van der Waals surface area contributed by atoms with Crippen molar-refractivity contribution in [2.45, 2.75) is 63.9 Å². The van der Waals surface area contributed by atoms with E-state index in [9.17, 15) is 4.79 Å². The largest absolute Gasteiger partial charge is 0.456 e. The Morgan fingerprint density at radius 2 is 1.67 bits per heavy atom. The molecule has 4 rings (SSSR count). The van der Waals surface area contributed by atoms with Crippen LogP contribution in [0.4, 0.5) is 0 Å². The molecule has 4 aliphatic carbocycles. The van der Waals surface area contributed by atoms with Crippen LogP contribution in [0.25, 0.3) is 0 Å².